The minimum absolute atomic E-state index is 0.146. The van der Waals surface area contributed by atoms with Crippen molar-refractivity contribution < 1.29 is 9.84 Å². The lowest BCUT2D eigenvalue weighted by Gasteiger charge is -2.20. The number of thiazole rings is 1. The fourth-order valence-electron chi connectivity index (χ4n) is 2.37. The molecule has 0 aliphatic rings. The van der Waals surface area contributed by atoms with Crippen LogP contribution in [-0.2, 0) is 13.1 Å². The van der Waals surface area contributed by atoms with E-state index in [1.54, 1.807) is 11.3 Å². The van der Waals surface area contributed by atoms with Gasteiger partial charge in [-0.1, -0.05) is 26.0 Å². The summed E-state index contributed by atoms with van der Waals surface area (Å²) in [5, 5.41) is 12.6. The third-order valence-corrected chi connectivity index (χ3v) is 4.40. The lowest BCUT2D eigenvalue weighted by atomic mass is 10.2. The fraction of sp³-hybridized carbons (Fsp3) is 0.500. The monoisotopic (exact) mass is 334 g/mol. The van der Waals surface area contributed by atoms with E-state index in [2.05, 4.69) is 36.3 Å². The topological polar surface area (TPSA) is 45.6 Å². The number of benzene rings is 1. The molecule has 4 nitrogen and oxygen atoms in total. The third kappa shape index (κ3) is 5.61. The van der Waals surface area contributed by atoms with Crippen LogP contribution in [0.3, 0.4) is 0 Å². The molecule has 0 fully saturated rings. The second-order valence-corrected chi connectivity index (χ2v) is 6.78. The van der Waals surface area contributed by atoms with E-state index in [4.69, 9.17) is 9.72 Å². The molecule has 1 aromatic carbocycles. The molecule has 0 bridgehead atoms. The Balaban J connectivity index is 2.04. The van der Waals surface area contributed by atoms with Crippen molar-refractivity contribution in [3.8, 4) is 5.75 Å². The molecule has 0 aliphatic heterocycles. The van der Waals surface area contributed by atoms with Crippen LogP contribution < -0.4 is 4.74 Å². The normalized spacial score (nSPS) is 11.4. The molecule has 1 aromatic heterocycles. The molecule has 0 atom stereocenters. The van der Waals surface area contributed by atoms with Gasteiger partial charge in [0.05, 0.1) is 25.5 Å². The largest absolute Gasteiger partial charge is 0.494 e. The lowest BCUT2D eigenvalue weighted by molar-refractivity contribution is 0.184. The molecule has 0 radical (unpaired) electrons. The Labute approximate surface area is 142 Å². The molecular formula is C18H26N2O2S. The van der Waals surface area contributed by atoms with Crippen molar-refractivity contribution in [2.45, 2.75) is 39.8 Å². The van der Waals surface area contributed by atoms with Crippen molar-refractivity contribution in [1.82, 2.24) is 9.88 Å². The maximum Gasteiger partial charge on any atom is 0.119 e. The Kier molecular flexibility index (Phi) is 7.02. The van der Waals surface area contributed by atoms with E-state index in [1.165, 1.54) is 5.56 Å². The molecule has 126 valence electrons. The van der Waals surface area contributed by atoms with Crippen LogP contribution in [0.2, 0.25) is 0 Å². The maximum atomic E-state index is 9.34. The first kappa shape index (κ1) is 17.9. The average molecular weight is 334 g/mol. The van der Waals surface area contributed by atoms with E-state index in [-0.39, 0.29) is 6.61 Å². The molecular weight excluding hydrogens is 308 g/mol. The highest BCUT2D eigenvalue weighted by Crippen LogP contribution is 2.20. The minimum atomic E-state index is 0.146. The Morgan fingerprint density at radius 2 is 2.13 bits per heavy atom. The molecule has 0 saturated carbocycles. The van der Waals surface area contributed by atoms with E-state index >= 15 is 0 Å². The quantitative estimate of drug-likeness (QED) is 0.760. The molecule has 23 heavy (non-hydrogen) atoms. The highest BCUT2D eigenvalue weighted by Gasteiger charge is 2.11. The van der Waals surface area contributed by atoms with E-state index in [0.29, 0.717) is 19.1 Å². The predicted octanol–water partition coefficient (Wildman–Crippen LogP) is 3.66. The van der Waals surface area contributed by atoms with Crippen LogP contribution in [-0.4, -0.2) is 34.7 Å². The molecule has 1 heterocycles. The second-order valence-electron chi connectivity index (χ2n) is 5.84. The molecule has 0 aliphatic carbocycles. The molecule has 2 aromatic rings. The number of aliphatic hydroxyl groups excluding tert-OH is 1. The number of ether oxygens (including phenoxy) is 1. The zero-order valence-electron chi connectivity index (χ0n) is 14.2. The van der Waals surface area contributed by atoms with Crippen LogP contribution in [0.5, 0.6) is 5.75 Å². The van der Waals surface area contributed by atoms with Crippen molar-refractivity contribution in [2.75, 3.05) is 19.8 Å². The molecule has 0 spiro atoms. The molecule has 1 N–H and O–H groups in total. The van der Waals surface area contributed by atoms with Crippen LogP contribution in [0.15, 0.2) is 29.6 Å². The summed E-state index contributed by atoms with van der Waals surface area (Å²) in [6.45, 7) is 9.28. The van der Waals surface area contributed by atoms with Crippen LogP contribution in [0, 0.1) is 0 Å². The van der Waals surface area contributed by atoms with Crippen LogP contribution in [0.4, 0.5) is 0 Å². The number of rotatable bonds is 9. The van der Waals surface area contributed by atoms with Crippen LogP contribution in [0.1, 0.15) is 43.0 Å². The van der Waals surface area contributed by atoms with Gasteiger partial charge in [0.1, 0.15) is 10.8 Å². The fourth-order valence-corrected chi connectivity index (χ4v) is 3.36. The molecule has 0 amide bonds. The van der Waals surface area contributed by atoms with Gasteiger partial charge in [-0.3, -0.25) is 4.90 Å². The van der Waals surface area contributed by atoms with Gasteiger partial charge in [-0.15, -0.1) is 11.3 Å². The summed E-state index contributed by atoms with van der Waals surface area (Å²) in [6, 6.07) is 8.14. The molecule has 2 rings (SSSR count). The van der Waals surface area contributed by atoms with Gasteiger partial charge in [0.2, 0.25) is 0 Å². The van der Waals surface area contributed by atoms with Crippen LogP contribution in [0.25, 0.3) is 0 Å². The minimum Gasteiger partial charge on any atom is -0.494 e. The predicted molar refractivity (Wildman–Crippen MR) is 95.0 cm³/mol. The van der Waals surface area contributed by atoms with Gasteiger partial charge in [0.15, 0.2) is 0 Å². The van der Waals surface area contributed by atoms with E-state index < -0.39 is 0 Å². The number of hydrogen-bond acceptors (Lipinski definition) is 5. The average Bonchev–Trinajstić information content (AvgIpc) is 2.97. The number of aromatic nitrogens is 1. The van der Waals surface area contributed by atoms with Gasteiger partial charge >= 0.3 is 0 Å². The maximum absolute atomic E-state index is 9.34. The molecule has 5 heteroatoms. The van der Waals surface area contributed by atoms with Gasteiger partial charge in [-0.05, 0) is 30.5 Å². The summed E-state index contributed by atoms with van der Waals surface area (Å²) in [4.78, 5) is 6.91. The van der Waals surface area contributed by atoms with Crippen molar-refractivity contribution in [2.24, 2.45) is 0 Å². The van der Waals surface area contributed by atoms with Gasteiger partial charge in [0, 0.05) is 18.5 Å². The Morgan fingerprint density at radius 1 is 1.30 bits per heavy atom. The summed E-state index contributed by atoms with van der Waals surface area (Å²) >= 11 is 1.69. The van der Waals surface area contributed by atoms with Crippen molar-refractivity contribution in [3.05, 3.63) is 45.9 Å². The zero-order valence-corrected chi connectivity index (χ0v) is 15.0. The van der Waals surface area contributed by atoms with Crippen molar-refractivity contribution in [3.63, 3.8) is 0 Å². The smallest absolute Gasteiger partial charge is 0.119 e. The third-order valence-electron chi connectivity index (χ3n) is 3.55. The Bertz CT molecular complexity index is 598. The van der Waals surface area contributed by atoms with E-state index in [0.717, 1.165) is 29.5 Å². The zero-order chi connectivity index (χ0) is 16.7. The number of nitrogens with zero attached hydrogens (tertiary/aromatic N) is 2. The SMILES string of the molecule is CCOc1cccc(CN(CCO)Cc2nc(C(C)C)cs2)c1. The highest BCUT2D eigenvalue weighted by molar-refractivity contribution is 7.09. The van der Waals surface area contributed by atoms with Gasteiger partial charge in [-0.2, -0.15) is 0 Å². The van der Waals surface area contributed by atoms with Crippen LogP contribution >= 0.6 is 11.3 Å². The first-order valence-corrected chi connectivity index (χ1v) is 8.99. The van der Waals surface area contributed by atoms with Crippen molar-refractivity contribution >= 4 is 11.3 Å². The highest BCUT2D eigenvalue weighted by atomic mass is 32.1. The summed E-state index contributed by atoms with van der Waals surface area (Å²) in [5.74, 6) is 1.35. The summed E-state index contributed by atoms with van der Waals surface area (Å²) < 4.78 is 5.56. The lowest BCUT2D eigenvalue weighted by Crippen LogP contribution is -2.26. The Hall–Kier alpha value is -1.43. The summed E-state index contributed by atoms with van der Waals surface area (Å²) in [7, 11) is 0. The van der Waals surface area contributed by atoms with Gasteiger partial charge in [0.25, 0.3) is 0 Å². The number of hydrogen-bond donors (Lipinski definition) is 1. The number of aliphatic hydroxyl groups is 1. The first-order valence-electron chi connectivity index (χ1n) is 8.11. The molecule has 0 saturated heterocycles. The van der Waals surface area contributed by atoms with Gasteiger partial charge in [-0.25, -0.2) is 4.98 Å². The summed E-state index contributed by atoms with van der Waals surface area (Å²) in [6.07, 6.45) is 0. The summed E-state index contributed by atoms with van der Waals surface area (Å²) in [5.41, 5.74) is 2.33. The first-order chi connectivity index (χ1) is 11.1. The van der Waals surface area contributed by atoms with Crippen molar-refractivity contribution in [1.29, 1.82) is 0 Å². The van der Waals surface area contributed by atoms with Gasteiger partial charge < -0.3 is 9.84 Å². The molecule has 0 unspecified atom stereocenters. The standard InChI is InChI=1S/C18H26N2O2S/c1-4-22-16-7-5-6-15(10-16)11-20(8-9-21)12-18-19-17(13-23-18)14(2)3/h5-7,10,13-14,21H,4,8-9,11-12H2,1-3H3. The Morgan fingerprint density at radius 3 is 2.78 bits per heavy atom. The van der Waals surface area contributed by atoms with E-state index in [1.807, 2.05) is 19.1 Å². The second kappa shape index (κ2) is 9.01. The van der Waals surface area contributed by atoms with E-state index in [9.17, 15) is 5.11 Å².